The Morgan fingerprint density at radius 1 is 0.976 bits per heavy atom. The van der Waals surface area contributed by atoms with Crippen molar-refractivity contribution >= 4 is 50.7 Å². The summed E-state index contributed by atoms with van der Waals surface area (Å²) in [6.07, 6.45) is 2.72. The first kappa shape index (κ1) is 31.7. The molecule has 0 bridgehead atoms. The number of amides is 1. The molecule has 4 rings (SSSR count). The molecule has 41 heavy (non-hydrogen) atoms. The number of hydrogen-bond donors (Lipinski definition) is 2. The molecule has 0 spiro atoms. The Morgan fingerprint density at radius 2 is 1.56 bits per heavy atom. The van der Waals surface area contributed by atoms with E-state index in [1.54, 1.807) is 23.2 Å². The number of halogens is 3. The van der Waals surface area contributed by atoms with Gasteiger partial charge in [0, 0.05) is 31.1 Å². The zero-order valence-corrected chi connectivity index (χ0v) is 26.8. The third-order valence-corrected chi connectivity index (χ3v) is 10.7. The lowest BCUT2D eigenvalue weighted by atomic mass is 9.92. The third-order valence-electron chi connectivity index (χ3n) is 8.18. The fourth-order valence-corrected chi connectivity index (χ4v) is 7.97. The molecule has 1 aliphatic rings. The molecule has 1 atom stereocenters. The predicted molar refractivity (Wildman–Crippen MR) is 161 cm³/mol. The molecule has 2 N–H and O–H groups in total. The van der Waals surface area contributed by atoms with E-state index in [-0.39, 0.29) is 46.8 Å². The number of benzene rings is 2. The van der Waals surface area contributed by atoms with Crippen molar-refractivity contribution in [1.82, 2.24) is 24.6 Å². The molecule has 9 nitrogen and oxygen atoms in total. The summed E-state index contributed by atoms with van der Waals surface area (Å²) in [5, 5.41) is 20.7. The molecule has 0 radical (unpaired) electrons. The Kier molecular flexibility index (Phi) is 9.43. The van der Waals surface area contributed by atoms with Gasteiger partial charge in [0.15, 0.2) is 0 Å². The van der Waals surface area contributed by atoms with E-state index in [1.807, 2.05) is 34.6 Å². The molecule has 1 amide bonds. The Morgan fingerprint density at radius 3 is 2.17 bits per heavy atom. The van der Waals surface area contributed by atoms with Crippen molar-refractivity contribution in [3.63, 3.8) is 0 Å². The van der Waals surface area contributed by atoms with Gasteiger partial charge in [-0.1, -0.05) is 40.0 Å². The summed E-state index contributed by atoms with van der Waals surface area (Å²) in [7, 11) is -3.81. The summed E-state index contributed by atoms with van der Waals surface area (Å²) < 4.78 is 30.4. The van der Waals surface area contributed by atoms with Gasteiger partial charge in [-0.3, -0.25) is 4.79 Å². The Balaban J connectivity index is 1.40. The number of aliphatic hydroxyl groups is 1. The lowest BCUT2D eigenvalue weighted by Gasteiger charge is -2.24. The topological polar surface area (TPSA) is 117 Å². The van der Waals surface area contributed by atoms with Gasteiger partial charge in [0.2, 0.25) is 15.9 Å². The van der Waals surface area contributed by atoms with E-state index < -0.39 is 15.6 Å². The van der Waals surface area contributed by atoms with Crippen molar-refractivity contribution < 1.29 is 18.3 Å². The van der Waals surface area contributed by atoms with Gasteiger partial charge < -0.3 is 10.0 Å². The summed E-state index contributed by atoms with van der Waals surface area (Å²) in [5.41, 5.74) is 3.83. The third kappa shape index (κ3) is 6.43. The SMILES string of the molecule is Cc1c(C)c(C)c(S(=O)(=O)NCCC(=O)N2CCCC(O)(c3cn(-c4c(Cl)cc(Cl)cc4Cl)nn3)CC2)c(C)c1C. The smallest absolute Gasteiger partial charge is 0.241 e. The highest BCUT2D eigenvalue weighted by Gasteiger charge is 2.36. The maximum Gasteiger partial charge on any atom is 0.241 e. The highest BCUT2D eigenvalue weighted by atomic mass is 35.5. The number of rotatable bonds is 7. The minimum absolute atomic E-state index is 0.00330. The molecule has 222 valence electrons. The number of sulfonamides is 1. The highest BCUT2D eigenvalue weighted by Crippen LogP contribution is 2.35. The molecular formula is C28H34Cl3N5O4S. The zero-order valence-electron chi connectivity index (χ0n) is 23.7. The fraction of sp³-hybridized carbons (Fsp3) is 0.464. The standard InChI is InChI=1S/C28H34Cl3N5O4S/c1-16-17(2)19(4)27(20(5)18(16)3)41(39,40)32-10-7-25(37)35-11-6-8-28(38,9-12-35)24-15-36(34-33-24)26-22(30)13-21(29)14-23(26)31/h13-15,32,38H,6-12H2,1-5H3. The van der Waals surface area contributed by atoms with E-state index in [0.717, 1.165) is 16.7 Å². The molecule has 1 fully saturated rings. The van der Waals surface area contributed by atoms with Crippen LogP contribution in [0.15, 0.2) is 23.2 Å². The van der Waals surface area contributed by atoms with Crippen LogP contribution in [-0.2, 0) is 20.4 Å². The van der Waals surface area contributed by atoms with E-state index >= 15 is 0 Å². The highest BCUT2D eigenvalue weighted by molar-refractivity contribution is 7.89. The first-order valence-electron chi connectivity index (χ1n) is 13.3. The molecule has 0 aliphatic carbocycles. The number of carbonyl (C=O) groups excluding carboxylic acids is 1. The second kappa shape index (κ2) is 12.2. The van der Waals surface area contributed by atoms with Crippen LogP contribution in [0.25, 0.3) is 5.69 Å². The molecule has 1 unspecified atom stereocenters. The molecule has 3 aromatic rings. The Labute approximate surface area is 255 Å². The van der Waals surface area contributed by atoms with Gasteiger partial charge >= 0.3 is 0 Å². The van der Waals surface area contributed by atoms with E-state index in [0.29, 0.717) is 46.9 Å². The molecule has 0 saturated carbocycles. The lowest BCUT2D eigenvalue weighted by molar-refractivity contribution is -0.131. The number of nitrogens with zero attached hydrogens (tertiary/aromatic N) is 4. The quantitative estimate of drug-likeness (QED) is 0.360. The maximum atomic E-state index is 13.2. The monoisotopic (exact) mass is 641 g/mol. The molecule has 2 heterocycles. The number of aromatic nitrogens is 3. The summed E-state index contributed by atoms with van der Waals surface area (Å²) in [6, 6.07) is 3.08. The Bertz CT molecular complexity index is 1560. The van der Waals surface area contributed by atoms with Gasteiger partial charge in [-0.15, -0.1) is 5.10 Å². The van der Waals surface area contributed by atoms with Crippen LogP contribution in [0.1, 0.15) is 59.2 Å². The van der Waals surface area contributed by atoms with Crippen molar-refractivity contribution in [2.45, 2.75) is 70.8 Å². The lowest BCUT2D eigenvalue weighted by Crippen LogP contribution is -2.36. The molecule has 13 heteroatoms. The van der Waals surface area contributed by atoms with Gasteiger partial charge in [0.1, 0.15) is 17.0 Å². The summed E-state index contributed by atoms with van der Waals surface area (Å²) >= 11 is 18.6. The van der Waals surface area contributed by atoms with E-state index in [2.05, 4.69) is 15.0 Å². The molecule has 1 saturated heterocycles. The predicted octanol–water partition coefficient (Wildman–Crippen LogP) is 5.34. The number of likely N-dealkylation sites (tertiary alicyclic amines) is 1. The van der Waals surface area contributed by atoms with Crippen molar-refractivity contribution in [3.05, 3.63) is 66.9 Å². The molecule has 2 aromatic carbocycles. The zero-order chi connectivity index (χ0) is 30.3. The van der Waals surface area contributed by atoms with E-state index in [9.17, 15) is 18.3 Å². The van der Waals surface area contributed by atoms with Crippen LogP contribution >= 0.6 is 34.8 Å². The minimum atomic E-state index is -3.81. The normalized spacial score (nSPS) is 18.0. The van der Waals surface area contributed by atoms with Crippen molar-refractivity contribution in [1.29, 1.82) is 0 Å². The van der Waals surface area contributed by atoms with Gasteiger partial charge in [0.25, 0.3) is 0 Å². The molecule has 1 aromatic heterocycles. The second-order valence-electron chi connectivity index (χ2n) is 10.6. The van der Waals surface area contributed by atoms with Crippen LogP contribution in [-0.4, -0.2) is 59.0 Å². The second-order valence-corrected chi connectivity index (χ2v) is 13.6. The van der Waals surface area contributed by atoms with E-state index in [4.69, 9.17) is 34.8 Å². The van der Waals surface area contributed by atoms with Crippen LogP contribution in [0.5, 0.6) is 0 Å². The van der Waals surface area contributed by atoms with Crippen LogP contribution in [0.4, 0.5) is 0 Å². The fourth-order valence-electron chi connectivity index (χ4n) is 5.36. The average Bonchev–Trinajstić information content (AvgIpc) is 3.29. The van der Waals surface area contributed by atoms with Crippen molar-refractivity contribution in [2.75, 3.05) is 19.6 Å². The average molecular weight is 643 g/mol. The van der Waals surface area contributed by atoms with Gasteiger partial charge in [0.05, 0.1) is 21.1 Å². The molecule has 1 aliphatic heterocycles. The Hall–Kier alpha value is -2.21. The van der Waals surface area contributed by atoms with Crippen LogP contribution < -0.4 is 4.72 Å². The molecular weight excluding hydrogens is 609 g/mol. The van der Waals surface area contributed by atoms with Gasteiger partial charge in [-0.25, -0.2) is 17.8 Å². The van der Waals surface area contributed by atoms with Crippen LogP contribution in [0.3, 0.4) is 0 Å². The number of hydrogen-bond acceptors (Lipinski definition) is 6. The van der Waals surface area contributed by atoms with E-state index in [1.165, 1.54) is 4.68 Å². The first-order valence-corrected chi connectivity index (χ1v) is 15.9. The minimum Gasteiger partial charge on any atom is -0.383 e. The van der Waals surface area contributed by atoms with Crippen LogP contribution in [0, 0.1) is 34.6 Å². The largest absolute Gasteiger partial charge is 0.383 e. The summed E-state index contributed by atoms with van der Waals surface area (Å²) in [4.78, 5) is 15.0. The van der Waals surface area contributed by atoms with Crippen molar-refractivity contribution in [3.8, 4) is 5.69 Å². The summed E-state index contributed by atoms with van der Waals surface area (Å²) in [6.45, 7) is 10.1. The first-order chi connectivity index (χ1) is 19.2. The number of carbonyl (C=O) groups is 1. The van der Waals surface area contributed by atoms with Crippen molar-refractivity contribution in [2.24, 2.45) is 0 Å². The van der Waals surface area contributed by atoms with Crippen LogP contribution in [0.2, 0.25) is 15.1 Å². The number of nitrogens with one attached hydrogen (secondary N) is 1. The maximum absolute atomic E-state index is 13.2. The van der Waals surface area contributed by atoms with Gasteiger partial charge in [-0.2, -0.15) is 0 Å². The van der Waals surface area contributed by atoms with Gasteiger partial charge in [-0.05, 0) is 93.8 Å². The summed E-state index contributed by atoms with van der Waals surface area (Å²) in [5.74, 6) is -0.190.